The third kappa shape index (κ3) is 4.68. The molecule has 21 heavy (non-hydrogen) atoms. The molecule has 0 fully saturated rings. The first-order valence-electron chi connectivity index (χ1n) is 7.32. The molecule has 0 unspecified atom stereocenters. The highest BCUT2D eigenvalue weighted by Gasteiger charge is 2.05. The van der Waals surface area contributed by atoms with Crippen LogP contribution in [0.15, 0.2) is 23.0 Å². The number of benzene rings is 1. The van der Waals surface area contributed by atoms with E-state index in [1.165, 1.54) is 11.5 Å². The van der Waals surface area contributed by atoms with Crippen LogP contribution in [0.2, 0.25) is 0 Å². The third-order valence-corrected chi connectivity index (χ3v) is 4.22. The van der Waals surface area contributed by atoms with E-state index in [2.05, 4.69) is 9.69 Å². The maximum atomic E-state index is 11.8. The Balaban J connectivity index is 1.77. The summed E-state index contributed by atoms with van der Waals surface area (Å²) in [6.07, 6.45) is 5.83. The van der Waals surface area contributed by atoms with Gasteiger partial charge in [-0.15, -0.1) is 0 Å². The molecule has 0 atom stereocenters. The number of nitrogens with two attached hydrogens (primary N) is 1. The molecule has 6 heteroatoms. The summed E-state index contributed by atoms with van der Waals surface area (Å²) in [6, 6.07) is 5.34. The van der Waals surface area contributed by atoms with Gasteiger partial charge in [0, 0.05) is 12.1 Å². The van der Waals surface area contributed by atoms with Crippen molar-refractivity contribution in [2.75, 3.05) is 11.9 Å². The van der Waals surface area contributed by atoms with Crippen LogP contribution in [0.3, 0.4) is 0 Å². The number of rotatable bonds is 8. The van der Waals surface area contributed by atoms with Crippen LogP contribution in [0.25, 0.3) is 10.1 Å². The predicted octanol–water partition coefficient (Wildman–Crippen LogP) is 2.83. The van der Waals surface area contributed by atoms with Gasteiger partial charge < -0.3 is 11.1 Å². The maximum Gasteiger partial charge on any atom is 0.265 e. The lowest BCUT2D eigenvalue weighted by Gasteiger charge is -2.05. The van der Waals surface area contributed by atoms with E-state index in [1.54, 1.807) is 12.1 Å². The minimum Gasteiger partial charge on any atom is -0.330 e. The van der Waals surface area contributed by atoms with Crippen molar-refractivity contribution in [3.63, 3.8) is 0 Å². The number of hydrogen-bond acceptors (Lipinski definition) is 4. The Morgan fingerprint density at radius 2 is 1.95 bits per heavy atom. The smallest absolute Gasteiger partial charge is 0.265 e. The standard InChI is InChI=1S/C15H21N3O2S/c16-9-5-3-1-2-4-6-14(19)17-11-7-8-12-13(10-11)21-18-15(12)20/h7-8,10H,1-6,9,16H2,(H,17,19)(H,18,20). The SMILES string of the molecule is NCCCCCCCC(=O)Nc1ccc2c(=O)[nH]sc2c1. The fraction of sp³-hybridized carbons (Fsp3) is 0.467. The monoisotopic (exact) mass is 307 g/mol. The molecule has 0 radical (unpaired) electrons. The van der Waals surface area contributed by atoms with Gasteiger partial charge in [0.2, 0.25) is 5.91 Å². The van der Waals surface area contributed by atoms with Gasteiger partial charge in [-0.2, -0.15) is 0 Å². The molecule has 0 saturated carbocycles. The average Bonchev–Trinajstić information content (AvgIpc) is 2.84. The lowest BCUT2D eigenvalue weighted by Crippen LogP contribution is -2.11. The molecule has 1 heterocycles. The fourth-order valence-electron chi connectivity index (χ4n) is 2.21. The lowest BCUT2D eigenvalue weighted by atomic mass is 10.1. The normalized spacial score (nSPS) is 10.9. The quantitative estimate of drug-likeness (QED) is 0.655. The maximum absolute atomic E-state index is 11.8. The topological polar surface area (TPSA) is 88.0 Å². The molecule has 4 N–H and O–H groups in total. The highest BCUT2D eigenvalue weighted by Crippen LogP contribution is 2.19. The molecular formula is C15H21N3O2S. The van der Waals surface area contributed by atoms with Crippen molar-refractivity contribution in [3.05, 3.63) is 28.6 Å². The number of H-pyrrole nitrogens is 1. The summed E-state index contributed by atoms with van der Waals surface area (Å²) in [5.41, 5.74) is 6.10. The highest BCUT2D eigenvalue weighted by atomic mass is 32.1. The lowest BCUT2D eigenvalue weighted by molar-refractivity contribution is -0.116. The Kier molecular flexibility index (Phi) is 5.95. The molecule has 0 spiro atoms. The zero-order valence-electron chi connectivity index (χ0n) is 12.0. The average molecular weight is 307 g/mol. The van der Waals surface area contributed by atoms with E-state index in [1.807, 2.05) is 6.07 Å². The number of unbranched alkanes of at least 4 members (excludes halogenated alkanes) is 4. The fourth-order valence-corrected chi connectivity index (χ4v) is 2.98. The van der Waals surface area contributed by atoms with E-state index in [9.17, 15) is 9.59 Å². The number of carbonyl (C=O) groups is 1. The van der Waals surface area contributed by atoms with Crippen LogP contribution < -0.4 is 16.6 Å². The van der Waals surface area contributed by atoms with Crippen molar-refractivity contribution in [2.45, 2.75) is 38.5 Å². The van der Waals surface area contributed by atoms with Crippen molar-refractivity contribution >= 4 is 33.2 Å². The molecule has 2 rings (SSSR count). The summed E-state index contributed by atoms with van der Waals surface area (Å²) in [4.78, 5) is 23.3. The number of aromatic nitrogens is 1. The van der Waals surface area contributed by atoms with Gasteiger partial charge in [-0.1, -0.05) is 30.8 Å². The second-order valence-corrected chi connectivity index (χ2v) is 5.95. The van der Waals surface area contributed by atoms with Crippen molar-refractivity contribution in [2.24, 2.45) is 5.73 Å². The summed E-state index contributed by atoms with van der Waals surface area (Å²) >= 11 is 1.29. The number of aromatic amines is 1. The molecule has 5 nitrogen and oxygen atoms in total. The molecule has 0 saturated heterocycles. The van der Waals surface area contributed by atoms with Crippen LogP contribution in [0.1, 0.15) is 38.5 Å². The van der Waals surface area contributed by atoms with Crippen molar-refractivity contribution < 1.29 is 4.79 Å². The first-order chi connectivity index (χ1) is 10.2. The minimum atomic E-state index is -0.0784. The molecule has 114 valence electrons. The van der Waals surface area contributed by atoms with Gasteiger partial charge in [0.05, 0.1) is 10.1 Å². The Labute approximate surface area is 127 Å². The largest absolute Gasteiger partial charge is 0.330 e. The Morgan fingerprint density at radius 1 is 1.19 bits per heavy atom. The summed E-state index contributed by atoms with van der Waals surface area (Å²) in [5.74, 6) is 0.0241. The number of amides is 1. The van der Waals surface area contributed by atoms with Crippen molar-refractivity contribution in [1.29, 1.82) is 0 Å². The van der Waals surface area contributed by atoms with Gasteiger partial charge in [-0.25, -0.2) is 0 Å². The van der Waals surface area contributed by atoms with Crippen molar-refractivity contribution in [3.8, 4) is 0 Å². The Bertz CT molecular complexity index is 648. The van der Waals surface area contributed by atoms with E-state index in [0.717, 1.165) is 49.0 Å². The van der Waals surface area contributed by atoms with Gasteiger partial charge >= 0.3 is 0 Å². The Hall–Kier alpha value is -1.66. The predicted molar refractivity (Wildman–Crippen MR) is 87.8 cm³/mol. The van der Waals surface area contributed by atoms with Gasteiger partial charge in [-0.3, -0.25) is 14.0 Å². The summed E-state index contributed by atoms with van der Waals surface area (Å²) in [7, 11) is 0. The second kappa shape index (κ2) is 7.95. The van der Waals surface area contributed by atoms with E-state index in [4.69, 9.17) is 5.73 Å². The number of fused-ring (bicyclic) bond motifs is 1. The van der Waals surface area contributed by atoms with Gasteiger partial charge in [0.25, 0.3) is 5.56 Å². The molecule has 1 aromatic heterocycles. The number of nitrogens with one attached hydrogen (secondary N) is 2. The molecule has 2 aromatic rings. The van der Waals surface area contributed by atoms with Crippen LogP contribution in [-0.4, -0.2) is 16.8 Å². The van der Waals surface area contributed by atoms with E-state index in [-0.39, 0.29) is 11.5 Å². The van der Waals surface area contributed by atoms with Gasteiger partial charge in [0.1, 0.15) is 0 Å². The molecule has 0 aliphatic rings. The summed E-state index contributed by atoms with van der Waals surface area (Å²) < 4.78 is 3.54. The van der Waals surface area contributed by atoms with Crippen LogP contribution in [0.4, 0.5) is 5.69 Å². The molecule has 0 bridgehead atoms. The number of anilines is 1. The second-order valence-electron chi connectivity index (χ2n) is 5.10. The highest BCUT2D eigenvalue weighted by molar-refractivity contribution is 7.13. The van der Waals surface area contributed by atoms with Crippen LogP contribution >= 0.6 is 11.5 Å². The van der Waals surface area contributed by atoms with Crippen LogP contribution in [0, 0.1) is 0 Å². The van der Waals surface area contributed by atoms with Gasteiger partial charge in [-0.05, 0) is 37.6 Å². The first-order valence-corrected chi connectivity index (χ1v) is 8.13. The summed E-state index contributed by atoms with van der Waals surface area (Å²) in [6.45, 7) is 0.744. The van der Waals surface area contributed by atoms with E-state index >= 15 is 0 Å². The van der Waals surface area contributed by atoms with Gasteiger partial charge in [0.15, 0.2) is 0 Å². The summed E-state index contributed by atoms with van der Waals surface area (Å²) in [5, 5.41) is 3.54. The molecule has 1 amide bonds. The molecule has 1 aromatic carbocycles. The Morgan fingerprint density at radius 3 is 2.76 bits per heavy atom. The van der Waals surface area contributed by atoms with Crippen LogP contribution in [0.5, 0.6) is 0 Å². The third-order valence-electron chi connectivity index (χ3n) is 3.37. The zero-order chi connectivity index (χ0) is 15.1. The van der Waals surface area contributed by atoms with E-state index in [0.29, 0.717) is 11.8 Å². The number of hydrogen-bond donors (Lipinski definition) is 3. The first kappa shape index (κ1) is 15.7. The molecule has 0 aliphatic carbocycles. The number of carbonyl (C=O) groups excluding carboxylic acids is 1. The zero-order valence-corrected chi connectivity index (χ0v) is 12.8. The minimum absolute atomic E-state index is 0.0241. The van der Waals surface area contributed by atoms with E-state index < -0.39 is 0 Å². The van der Waals surface area contributed by atoms with Crippen LogP contribution in [-0.2, 0) is 4.79 Å². The van der Waals surface area contributed by atoms with Crippen molar-refractivity contribution in [1.82, 2.24) is 4.37 Å². The molecule has 0 aliphatic heterocycles. The molecular weight excluding hydrogens is 286 g/mol.